The van der Waals surface area contributed by atoms with Crippen molar-refractivity contribution in [1.29, 1.82) is 0 Å². The van der Waals surface area contributed by atoms with Crippen LogP contribution in [0.3, 0.4) is 0 Å². The summed E-state index contributed by atoms with van der Waals surface area (Å²) in [5, 5.41) is 0.204. The molecule has 1 aromatic carbocycles. The van der Waals surface area contributed by atoms with E-state index in [9.17, 15) is 0 Å². The molecule has 2 aliphatic heterocycles. The Morgan fingerprint density at radius 2 is 1.78 bits per heavy atom. The first-order valence-corrected chi connectivity index (χ1v) is 13.1. The lowest BCUT2D eigenvalue weighted by atomic mass is 9.75. The fourth-order valence-corrected chi connectivity index (χ4v) is 5.41. The second-order valence-corrected chi connectivity index (χ2v) is 15.0. The highest BCUT2D eigenvalue weighted by atomic mass is 28.4. The van der Waals surface area contributed by atoms with Crippen molar-refractivity contribution >= 4 is 14.4 Å². The van der Waals surface area contributed by atoms with Gasteiger partial charge < -0.3 is 9.16 Å². The van der Waals surface area contributed by atoms with Crippen LogP contribution < -0.4 is 0 Å². The molecule has 0 amide bonds. The Labute approximate surface area is 166 Å². The zero-order chi connectivity index (χ0) is 20.1. The van der Waals surface area contributed by atoms with Crippen molar-refractivity contribution in [1.82, 2.24) is 0 Å². The summed E-state index contributed by atoms with van der Waals surface area (Å²) in [5.74, 6) is 0.402. The fourth-order valence-electron chi connectivity index (χ4n) is 4.03. The van der Waals surface area contributed by atoms with Crippen molar-refractivity contribution in [2.75, 3.05) is 0 Å². The maximum Gasteiger partial charge on any atom is 0.192 e. The van der Waals surface area contributed by atoms with Crippen LogP contribution >= 0.6 is 0 Å². The molecule has 0 spiro atoms. The second kappa shape index (κ2) is 6.72. The summed E-state index contributed by atoms with van der Waals surface area (Å²) in [6.45, 7) is 18.3. The van der Waals surface area contributed by atoms with Crippen LogP contribution in [-0.2, 0) is 9.16 Å². The van der Waals surface area contributed by atoms with E-state index >= 15 is 0 Å². The van der Waals surface area contributed by atoms with E-state index in [0.717, 1.165) is 6.42 Å². The zero-order valence-corrected chi connectivity index (χ0v) is 19.3. The van der Waals surface area contributed by atoms with Crippen LogP contribution in [0, 0.1) is 5.92 Å². The Bertz CT molecular complexity index is 741. The molecule has 2 bridgehead atoms. The minimum absolute atomic E-state index is 0.134. The van der Waals surface area contributed by atoms with E-state index in [1.807, 2.05) is 0 Å². The molecular formula is C24H36O2Si. The van der Waals surface area contributed by atoms with Gasteiger partial charge in [-0.3, -0.25) is 0 Å². The highest BCUT2D eigenvalue weighted by Crippen LogP contribution is 2.56. The van der Waals surface area contributed by atoms with Crippen molar-refractivity contribution in [2.24, 2.45) is 5.92 Å². The smallest absolute Gasteiger partial charge is 0.192 e. The number of hydrogen-bond donors (Lipinski definition) is 0. The number of benzene rings is 1. The van der Waals surface area contributed by atoms with Crippen LogP contribution in [0.25, 0.3) is 6.08 Å². The summed E-state index contributed by atoms with van der Waals surface area (Å²) >= 11 is 0. The fraction of sp³-hybridized carbons (Fsp3) is 0.583. The third kappa shape index (κ3) is 3.62. The van der Waals surface area contributed by atoms with Crippen molar-refractivity contribution in [3.05, 3.63) is 53.6 Å². The number of fused-ring (bicyclic) bond motifs is 2. The lowest BCUT2D eigenvalue weighted by molar-refractivity contribution is -0.0659. The Kier molecular flexibility index (Phi) is 5.12. The maximum atomic E-state index is 6.83. The lowest BCUT2D eigenvalue weighted by Crippen LogP contribution is -2.49. The largest absolute Gasteiger partial charge is 0.411 e. The maximum absolute atomic E-state index is 6.83. The molecule has 27 heavy (non-hydrogen) atoms. The highest BCUT2D eigenvalue weighted by Gasteiger charge is 2.61. The van der Waals surface area contributed by atoms with Crippen molar-refractivity contribution < 1.29 is 9.16 Å². The van der Waals surface area contributed by atoms with Crippen LogP contribution in [0.4, 0.5) is 0 Å². The molecule has 2 heterocycles. The first-order chi connectivity index (χ1) is 12.4. The molecule has 1 saturated heterocycles. The van der Waals surface area contributed by atoms with Gasteiger partial charge in [0.15, 0.2) is 8.32 Å². The molecule has 1 aromatic rings. The van der Waals surface area contributed by atoms with Crippen molar-refractivity contribution in [3.63, 3.8) is 0 Å². The Morgan fingerprint density at radius 3 is 2.33 bits per heavy atom. The first kappa shape index (κ1) is 20.6. The number of hydrogen-bond acceptors (Lipinski definition) is 2. The molecule has 0 unspecified atom stereocenters. The summed E-state index contributed by atoms with van der Waals surface area (Å²) in [5.41, 5.74) is 1.95. The van der Waals surface area contributed by atoms with Gasteiger partial charge in [-0.15, -0.1) is 0 Å². The van der Waals surface area contributed by atoms with E-state index < -0.39 is 8.32 Å². The molecule has 2 nitrogen and oxygen atoms in total. The van der Waals surface area contributed by atoms with Gasteiger partial charge in [0.1, 0.15) is 5.60 Å². The van der Waals surface area contributed by atoms with Gasteiger partial charge in [0.25, 0.3) is 0 Å². The molecule has 0 aliphatic carbocycles. The molecule has 0 radical (unpaired) electrons. The lowest BCUT2D eigenvalue weighted by Gasteiger charge is -2.42. The summed E-state index contributed by atoms with van der Waals surface area (Å²) in [6, 6.07) is 10.5. The monoisotopic (exact) mass is 384 g/mol. The summed E-state index contributed by atoms with van der Waals surface area (Å²) in [6.07, 6.45) is 7.86. The molecule has 1 fully saturated rings. The molecular weight excluding hydrogens is 348 g/mol. The summed E-state index contributed by atoms with van der Waals surface area (Å²) in [7, 11) is -1.84. The quantitative estimate of drug-likeness (QED) is 0.532. The van der Waals surface area contributed by atoms with Crippen LogP contribution in [0.15, 0.2) is 48.1 Å². The van der Waals surface area contributed by atoms with E-state index in [1.54, 1.807) is 0 Å². The Morgan fingerprint density at radius 1 is 1.15 bits per heavy atom. The summed E-state index contributed by atoms with van der Waals surface area (Å²) < 4.78 is 13.6. The van der Waals surface area contributed by atoms with E-state index in [0.29, 0.717) is 5.92 Å². The number of rotatable bonds is 5. The molecule has 148 valence electrons. The van der Waals surface area contributed by atoms with Crippen molar-refractivity contribution in [2.45, 2.75) is 83.4 Å². The standard InChI is InChI=1S/C24H36O2Si/c1-18(2)24-17-21(25-27(7,8)22(3,4)5)23(6,26-24)16-20(24)15-14-19-12-10-9-11-13-19/h9-16,18,21H,17H2,1-8H3/b15-14+/t21-,23+,24-/m1/s1. The number of ether oxygens (including phenoxy) is 1. The van der Waals surface area contributed by atoms with Gasteiger partial charge in [-0.1, -0.05) is 77.1 Å². The molecule has 0 N–H and O–H groups in total. The first-order valence-electron chi connectivity index (χ1n) is 10.2. The topological polar surface area (TPSA) is 18.5 Å². The Hall–Kier alpha value is -1.16. The van der Waals surface area contributed by atoms with Gasteiger partial charge in [-0.25, -0.2) is 0 Å². The van der Waals surface area contributed by atoms with Crippen molar-refractivity contribution in [3.8, 4) is 0 Å². The molecule has 3 atom stereocenters. The molecule has 0 aromatic heterocycles. The third-order valence-electron chi connectivity index (χ3n) is 6.89. The SMILES string of the molecule is CC(C)[C@]12C[C@@H](O[Si](C)(C)C(C)(C)C)[C@](C)(C=C1/C=C/c1ccccc1)O2. The van der Waals surface area contributed by atoms with Gasteiger partial charge in [0.2, 0.25) is 0 Å². The minimum atomic E-state index is -1.84. The van der Waals surface area contributed by atoms with Crippen LogP contribution in [0.1, 0.15) is 53.5 Å². The van der Waals surface area contributed by atoms with Gasteiger partial charge >= 0.3 is 0 Å². The average molecular weight is 385 g/mol. The van der Waals surface area contributed by atoms with Gasteiger partial charge in [-0.2, -0.15) is 0 Å². The van der Waals surface area contributed by atoms with Gasteiger partial charge in [0, 0.05) is 6.42 Å². The minimum Gasteiger partial charge on any atom is -0.411 e. The predicted molar refractivity (Wildman–Crippen MR) is 117 cm³/mol. The molecule has 3 heteroatoms. The normalized spacial score (nSPS) is 31.1. The van der Waals surface area contributed by atoms with Gasteiger partial charge in [0.05, 0.1) is 11.7 Å². The molecule has 2 aliphatic rings. The van der Waals surface area contributed by atoms with E-state index in [4.69, 9.17) is 9.16 Å². The average Bonchev–Trinajstić information content (AvgIpc) is 3.01. The zero-order valence-electron chi connectivity index (χ0n) is 18.3. The molecule has 3 rings (SSSR count). The van der Waals surface area contributed by atoms with Crippen LogP contribution in [0.2, 0.25) is 18.1 Å². The highest BCUT2D eigenvalue weighted by molar-refractivity contribution is 6.74. The van der Waals surface area contributed by atoms with Gasteiger partial charge in [-0.05, 0) is 48.2 Å². The van der Waals surface area contributed by atoms with E-state index in [1.165, 1.54) is 11.1 Å². The predicted octanol–water partition coefficient (Wildman–Crippen LogP) is 6.60. The van der Waals surface area contributed by atoms with E-state index in [-0.39, 0.29) is 22.3 Å². The molecule has 0 saturated carbocycles. The van der Waals surface area contributed by atoms with Crippen LogP contribution in [-0.4, -0.2) is 25.6 Å². The van der Waals surface area contributed by atoms with E-state index in [2.05, 4.69) is 103 Å². The van der Waals surface area contributed by atoms with Crippen LogP contribution in [0.5, 0.6) is 0 Å². The third-order valence-corrected chi connectivity index (χ3v) is 11.4. The summed E-state index contributed by atoms with van der Waals surface area (Å²) in [4.78, 5) is 0. The second-order valence-electron chi connectivity index (χ2n) is 10.2. The Balaban J connectivity index is 1.90.